The van der Waals surface area contributed by atoms with E-state index in [-0.39, 0.29) is 5.82 Å². The van der Waals surface area contributed by atoms with Gasteiger partial charge in [0.05, 0.1) is 18.4 Å². The Labute approximate surface area is 120 Å². The van der Waals surface area contributed by atoms with Crippen LogP contribution in [0.4, 0.5) is 4.39 Å². The smallest absolute Gasteiger partial charge is 0.124 e. The van der Waals surface area contributed by atoms with Gasteiger partial charge in [-0.3, -0.25) is 0 Å². The highest BCUT2D eigenvalue weighted by molar-refractivity contribution is 9.10. The topological polar surface area (TPSA) is 42.7 Å². The number of hydrogen-bond donors (Lipinski definition) is 1. The van der Waals surface area contributed by atoms with Gasteiger partial charge in [-0.2, -0.15) is 0 Å². The molecule has 1 heterocycles. The van der Waals surface area contributed by atoms with Gasteiger partial charge in [0.15, 0.2) is 0 Å². The number of benzene rings is 1. The van der Waals surface area contributed by atoms with E-state index in [2.05, 4.69) is 45.4 Å². The second kappa shape index (κ2) is 6.25. The Morgan fingerprint density at radius 2 is 2.21 bits per heavy atom. The van der Waals surface area contributed by atoms with Gasteiger partial charge in [-0.05, 0) is 17.7 Å². The molecule has 0 saturated heterocycles. The normalized spacial score (nSPS) is 11.2. The molecule has 0 atom stereocenters. The van der Waals surface area contributed by atoms with E-state index < -0.39 is 0 Å². The lowest BCUT2D eigenvalue weighted by Crippen LogP contribution is -2.21. The fourth-order valence-corrected chi connectivity index (χ4v) is 2.11. The highest BCUT2D eigenvalue weighted by Crippen LogP contribution is 2.18. The first-order valence-corrected chi connectivity index (χ1v) is 6.90. The van der Waals surface area contributed by atoms with Gasteiger partial charge in [-0.15, -0.1) is 5.10 Å². The SMILES string of the molecule is CC(C)NCc1cn(Cc2ccc(F)cc2Br)nn1. The number of aromatic nitrogens is 3. The summed E-state index contributed by atoms with van der Waals surface area (Å²) in [7, 11) is 0. The number of halogens is 2. The minimum atomic E-state index is -0.254. The number of nitrogens with one attached hydrogen (secondary N) is 1. The van der Waals surface area contributed by atoms with Crippen molar-refractivity contribution in [3.05, 3.63) is 45.9 Å². The molecule has 0 aliphatic carbocycles. The van der Waals surface area contributed by atoms with Crippen molar-refractivity contribution in [2.75, 3.05) is 0 Å². The molecular weight excluding hydrogens is 311 g/mol. The largest absolute Gasteiger partial charge is 0.309 e. The number of hydrogen-bond acceptors (Lipinski definition) is 3. The van der Waals surface area contributed by atoms with Crippen LogP contribution in [0.25, 0.3) is 0 Å². The second-order valence-electron chi connectivity index (χ2n) is 4.68. The van der Waals surface area contributed by atoms with Crippen LogP contribution in [0.5, 0.6) is 0 Å². The van der Waals surface area contributed by atoms with Gasteiger partial charge in [0.2, 0.25) is 0 Å². The fraction of sp³-hybridized carbons (Fsp3) is 0.385. The quantitative estimate of drug-likeness (QED) is 0.918. The molecule has 2 rings (SSSR count). The molecule has 0 aliphatic heterocycles. The molecule has 0 unspecified atom stereocenters. The average Bonchev–Trinajstić information content (AvgIpc) is 2.78. The first-order chi connectivity index (χ1) is 9.04. The molecule has 102 valence electrons. The summed E-state index contributed by atoms with van der Waals surface area (Å²) in [5.74, 6) is -0.254. The van der Waals surface area contributed by atoms with E-state index in [1.807, 2.05) is 6.20 Å². The van der Waals surface area contributed by atoms with E-state index in [0.29, 0.717) is 19.1 Å². The van der Waals surface area contributed by atoms with Gasteiger partial charge >= 0.3 is 0 Å². The van der Waals surface area contributed by atoms with Crippen LogP contribution in [0.2, 0.25) is 0 Å². The van der Waals surface area contributed by atoms with Crippen LogP contribution in [-0.2, 0) is 13.1 Å². The molecule has 19 heavy (non-hydrogen) atoms. The zero-order valence-corrected chi connectivity index (χ0v) is 12.5. The Kier molecular flexibility index (Phi) is 4.66. The van der Waals surface area contributed by atoms with E-state index in [1.165, 1.54) is 12.1 Å². The maximum Gasteiger partial charge on any atom is 0.124 e. The predicted molar refractivity (Wildman–Crippen MR) is 75.2 cm³/mol. The van der Waals surface area contributed by atoms with Crippen LogP contribution in [0, 0.1) is 5.82 Å². The van der Waals surface area contributed by atoms with Gasteiger partial charge in [-0.25, -0.2) is 9.07 Å². The van der Waals surface area contributed by atoms with Gasteiger partial charge in [-0.1, -0.05) is 41.1 Å². The van der Waals surface area contributed by atoms with E-state index in [0.717, 1.165) is 15.7 Å². The van der Waals surface area contributed by atoms with Crippen LogP contribution in [-0.4, -0.2) is 21.0 Å². The van der Waals surface area contributed by atoms with Crippen molar-refractivity contribution in [1.82, 2.24) is 20.3 Å². The van der Waals surface area contributed by atoms with Crippen LogP contribution in [0.1, 0.15) is 25.1 Å². The van der Waals surface area contributed by atoms with E-state index in [9.17, 15) is 4.39 Å². The maximum atomic E-state index is 13.0. The molecule has 0 aliphatic rings. The Morgan fingerprint density at radius 1 is 1.42 bits per heavy atom. The highest BCUT2D eigenvalue weighted by atomic mass is 79.9. The number of rotatable bonds is 5. The average molecular weight is 327 g/mol. The Bertz CT molecular complexity index is 553. The van der Waals surface area contributed by atoms with Gasteiger partial charge in [0.1, 0.15) is 5.82 Å². The molecule has 6 heteroatoms. The molecule has 0 saturated carbocycles. The lowest BCUT2D eigenvalue weighted by atomic mass is 10.2. The molecule has 2 aromatic rings. The van der Waals surface area contributed by atoms with Crippen molar-refractivity contribution in [2.45, 2.75) is 33.0 Å². The minimum absolute atomic E-state index is 0.254. The van der Waals surface area contributed by atoms with Crippen LogP contribution < -0.4 is 5.32 Å². The summed E-state index contributed by atoms with van der Waals surface area (Å²) < 4.78 is 15.5. The van der Waals surface area contributed by atoms with Crippen molar-refractivity contribution in [1.29, 1.82) is 0 Å². The third-order valence-corrected chi connectivity index (χ3v) is 3.36. The molecule has 0 bridgehead atoms. The molecular formula is C13H16BrFN4. The highest BCUT2D eigenvalue weighted by Gasteiger charge is 2.05. The van der Waals surface area contributed by atoms with Crippen molar-refractivity contribution in [3.63, 3.8) is 0 Å². The first-order valence-electron chi connectivity index (χ1n) is 6.11. The molecule has 1 N–H and O–H groups in total. The molecule has 4 nitrogen and oxygen atoms in total. The summed E-state index contributed by atoms with van der Waals surface area (Å²) in [4.78, 5) is 0. The van der Waals surface area contributed by atoms with Crippen LogP contribution >= 0.6 is 15.9 Å². The second-order valence-corrected chi connectivity index (χ2v) is 5.53. The minimum Gasteiger partial charge on any atom is -0.309 e. The Morgan fingerprint density at radius 3 is 2.89 bits per heavy atom. The summed E-state index contributed by atoms with van der Waals surface area (Å²) in [6.07, 6.45) is 1.89. The maximum absolute atomic E-state index is 13.0. The summed E-state index contributed by atoms with van der Waals surface area (Å²) in [5, 5.41) is 11.4. The summed E-state index contributed by atoms with van der Waals surface area (Å²) in [6.45, 7) is 5.43. The lowest BCUT2D eigenvalue weighted by molar-refractivity contribution is 0.580. The third kappa shape index (κ3) is 4.11. The fourth-order valence-electron chi connectivity index (χ4n) is 1.63. The van der Waals surface area contributed by atoms with Crippen molar-refractivity contribution < 1.29 is 4.39 Å². The van der Waals surface area contributed by atoms with Gasteiger partial charge in [0.25, 0.3) is 0 Å². The summed E-state index contributed by atoms with van der Waals surface area (Å²) in [5.41, 5.74) is 1.86. The zero-order chi connectivity index (χ0) is 13.8. The Balaban J connectivity index is 2.03. The van der Waals surface area contributed by atoms with E-state index in [4.69, 9.17) is 0 Å². The molecule has 0 amide bonds. The Hall–Kier alpha value is -1.27. The van der Waals surface area contributed by atoms with Crippen molar-refractivity contribution in [2.24, 2.45) is 0 Å². The van der Waals surface area contributed by atoms with E-state index >= 15 is 0 Å². The van der Waals surface area contributed by atoms with Crippen LogP contribution in [0.3, 0.4) is 0 Å². The molecule has 0 spiro atoms. The number of nitrogens with zero attached hydrogens (tertiary/aromatic N) is 3. The van der Waals surface area contributed by atoms with E-state index in [1.54, 1.807) is 10.7 Å². The predicted octanol–water partition coefficient (Wildman–Crippen LogP) is 2.73. The van der Waals surface area contributed by atoms with Crippen molar-refractivity contribution >= 4 is 15.9 Å². The monoisotopic (exact) mass is 326 g/mol. The molecule has 0 fully saturated rings. The standard InChI is InChI=1S/C13H16BrFN4/c1-9(2)16-6-12-8-19(18-17-12)7-10-3-4-11(15)5-13(10)14/h3-5,8-9,16H,6-7H2,1-2H3. The summed E-state index contributed by atoms with van der Waals surface area (Å²) >= 11 is 3.35. The molecule has 0 radical (unpaired) electrons. The van der Waals surface area contributed by atoms with Crippen LogP contribution in [0.15, 0.2) is 28.9 Å². The first kappa shape index (κ1) is 14.1. The van der Waals surface area contributed by atoms with Gasteiger partial charge < -0.3 is 5.32 Å². The third-order valence-electron chi connectivity index (χ3n) is 2.62. The van der Waals surface area contributed by atoms with Crippen molar-refractivity contribution in [3.8, 4) is 0 Å². The van der Waals surface area contributed by atoms with Gasteiger partial charge in [0, 0.05) is 17.1 Å². The lowest BCUT2D eigenvalue weighted by Gasteiger charge is -2.05. The summed E-state index contributed by atoms with van der Waals surface area (Å²) in [6, 6.07) is 5.05. The molecule has 1 aromatic carbocycles. The molecule has 1 aromatic heterocycles. The zero-order valence-electron chi connectivity index (χ0n) is 10.9.